The minimum absolute atomic E-state index is 0.250. The number of hydrogen-bond acceptors (Lipinski definition) is 3. The van der Waals surface area contributed by atoms with Crippen LogP contribution in [0.1, 0.15) is 37.8 Å². The maximum Gasteiger partial charge on any atom is 0.122 e. The Hall–Kier alpha value is -1.06. The second kappa shape index (κ2) is 8.98. The number of likely N-dealkylation sites (N-methyl/N-ethyl adjacent to an activating group) is 1. The molecular weight excluding hydrogens is 250 g/mol. The summed E-state index contributed by atoms with van der Waals surface area (Å²) in [5, 5.41) is 3.41. The molecule has 0 spiro atoms. The lowest BCUT2D eigenvalue weighted by Gasteiger charge is -2.27. The van der Waals surface area contributed by atoms with Crippen molar-refractivity contribution in [3.63, 3.8) is 0 Å². The van der Waals surface area contributed by atoms with Gasteiger partial charge in [0.15, 0.2) is 0 Å². The molecule has 114 valence electrons. The Balaban J connectivity index is 2.88. The van der Waals surface area contributed by atoms with Crippen molar-refractivity contribution < 1.29 is 9.47 Å². The number of rotatable bonds is 9. The first-order chi connectivity index (χ1) is 9.65. The third kappa shape index (κ3) is 4.80. The summed E-state index contributed by atoms with van der Waals surface area (Å²) in [5.74, 6) is 0.961. The van der Waals surface area contributed by atoms with Crippen LogP contribution >= 0.6 is 0 Å². The van der Waals surface area contributed by atoms with Crippen molar-refractivity contribution in [3.05, 3.63) is 29.3 Å². The highest BCUT2D eigenvalue weighted by atomic mass is 16.5. The molecular formula is C17H29NO2. The molecule has 2 atom stereocenters. The normalized spacial score (nSPS) is 14.1. The molecule has 20 heavy (non-hydrogen) atoms. The monoisotopic (exact) mass is 279 g/mol. The topological polar surface area (TPSA) is 30.5 Å². The van der Waals surface area contributed by atoms with Crippen LogP contribution < -0.4 is 10.1 Å². The van der Waals surface area contributed by atoms with Crippen LogP contribution in [0.4, 0.5) is 0 Å². The molecule has 0 saturated carbocycles. The summed E-state index contributed by atoms with van der Waals surface area (Å²) in [6, 6.07) is 6.65. The van der Waals surface area contributed by atoms with E-state index in [1.807, 2.05) is 13.1 Å². The van der Waals surface area contributed by atoms with Gasteiger partial charge in [0.05, 0.1) is 13.2 Å². The van der Waals surface area contributed by atoms with Crippen molar-refractivity contribution in [1.82, 2.24) is 5.32 Å². The Labute approximate surface area is 123 Å². The summed E-state index contributed by atoms with van der Waals surface area (Å²) in [6.45, 7) is 7.13. The summed E-state index contributed by atoms with van der Waals surface area (Å²) in [6.07, 6.45) is 3.38. The fraction of sp³-hybridized carbons (Fsp3) is 0.647. The third-order valence-electron chi connectivity index (χ3n) is 3.65. The highest BCUT2D eigenvalue weighted by Crippen LogP contribution is 2.23. The molecule has 0 amide bonds. The lowest BCUT2D eigenvalue weighted by molar-refractivity contribution is 0.0299. The molecule has 2 unspecified atom stereocenters. The smallest absolute Gasteiger partial charge is 0.122 e. The van der Waals surface area contributed by atoms with Crippen LogP contribution in [0, 0.1) is 6.92 Å². The third-order valence-corrected chi connectivity index (χ3v) is 3.65. The second-order valence-corrected chi connectivity index (χ2v) is 5.20. The quantitative estimate of drug-likeness (QED) is 0.752. The summed E-state index contributed by atoms with van der Waals surface area (Å²) >= 11 is 0. The Bertz CT molecular complexity index is 387. The molecule has 1 aromatic rings. The number of ether oxygens (including phenoxy) is 2. The van der Waals surface area contributed by atoms with Gasteiger partial charge < -0.3 is 14.8 Å². The zero-order chi connectivity index (χ0) is 15.0. The maximum absolute atomic E-state index is 5.91. The van der Waals surface area contributed by atoms with Crippen LogP contribution in [0.2, 0.25) is 0 Å². The molecule has 0 saturated heterocycles. The zero-order valence-corrected chi connectivity index (χ0v) is 13.5. The molecule has 0 aromatic heterocycles. The van der Waals surface area contributed by atoms with E-state index in [0.29, 0.717) is 6.04 Å². The average Bonchev–Trinajstić information content (AvgIpc) is 2.45. The van der Waals surface area contributed by atoms with Crippen LogP contribution in [0.25, 0.3) is 0 Å². The maximum atomic E-state index is 5.91. The van der Waals surface area contributed by atoms with Gasteiger partial charge in [0.25, 0.3) is 0 Å². The van der Waals surface area contributed by atoms with Gasteiger partial charge in [0.1, 0.15) is 5.75 Å². The lowest BCUT2D eigenvalue weighted by atomic mass is 9.96. The van der Waals surface area contributed by atoms with Gasteiger partial charge in [-0.1, -0.05) is 31.0 Å². The summed E-state index contributed by atoms with van der Waals surface area (Å²) < 4.78 is 11.4. The zero-order valence-electron chi connectivity index (χ0n) is 13.5. The fourth-order valence-electron chi connectivity index (χ4n) is 2.62. The predicted octanol–water partition coefficient (Wildman–Crippen LogP) is 3.34. The molecule has 1 rings (SSSR count). The van der Waals surface area contributed by atoms with Crippen LogP contribution in [0.3, 0.4) is 0 Å². The largest absolute Gasteiger partial charge is 0.496 e. The van der Waals surface area contributed by atoms with E-state index in [9.17, 15) is 0 Å². The molecule has 0 radical (unpaired) electrons. The van der Waals surface area contributed by atoms with Gasteiger partial charge in [0, 0.05) is 12.6 Å². The van der Waals surface area contributed by atoms with Gasteiger partial charge in [-0.05, 0) is 45.4 Å². The first-order valence-electron chi connectivity index (χ1n) is 7.58. The first kappa shape index (κ1) is 17.0. The van der Waals surface area contributed by atoms with Gasteiger partial charge in [-0.15, -0.1) is 0 Å². The molecule has 1 N–H and O–H groups in total. The first-order valence-corrected chi connectivity index (χ1v) is 7.58. The highest BCUT2D eigenvalue weighted by Gasteiger charge is 2.21. The highest BCUT2D eigenvalue weighted by molar-refractivity contribution is 5.37. The fourth-order valence-corrected chi connectivity index (χ4v) is 2.62. The predicted molar refractivity (Wildman–Crippen MR) is 84.6 cm³/mol. The van der Waals surface area contributed by atoms with E-state index in [0.717, 1.165) is 31.6 Å². The minimum atomic E-state index is 0.250. The van der Waals surface area contributed by atoms with Crippen molar-refractivity contribution >= 4 is 0 Å². The lowest BCUT2D eigenvalue weighted by Crippen LogP contribution is -2.41. The van der Waals surface area contributed by atoms with E-state index in [4.69, 9.17) is 9.47 Å². The molecule has 3 nitrogen and oxygen atoms in total. The Morgan fingerprint density at radius 1 is 1.25 bits per heavy atom. The number of benzene rings is 1. The van der Waals surface area contributed by atoms with Crippen LogP contribution in [-0.4, -0.2) is 32.9 Å². The Morgan fingerprint density at radius 2 is 2.00 bits per heavy atom. The molecule has 0 aliphatic carbocycles. The van der Waals surface area contributed by atoms with Crippen LogP contribution in [-0.2, 0) is 11.2 Å². The molecule has 1 aromatic carbocycles. The van der Waals surface area contributed by atoms with Gasteiger partial charge >= 0.3 is 0 Å². The molecule has 0 heterocycles. The van der Waals surface area contributed by atoms with Crippen molar-refractivity contribution in [2.45, 2.75) is 52.2 Å². The molecule has 0 aliphatic rings. The number of methoxy groups -OCH3 is 1. The van der Waals surface area contributed by atoms with E-state index in [-0.39, 0.29) is 6.10 Å². The minimum Gasteiger partial charge on any atom is -0.496 e. The number of aryl methyl sites for hydroxylation is 1. The molecule has 0 bridgehead atoms. The molecule has 0 aliphatic heterocycles. The van der Waals surface area contributed by atoms with Gasteiger partial charge in [-0.25, -0.2) is 0 Å². The van der Waals surface area contributed by atoms with E-state index >= 15 is 0 Å². The molecule has 3 heteroatoms. The van der Waals surface area contributed by atoms with Crippen molar-refractivity contribution in [1.29, 1.82) is 0 Å². The number of nitrogens with one attached hydrogen (secondary N) is 1. The van der Waals surface area contributed by atoms with Crippen molar-refractivity contribution in [2.75, 3.05) is 20.8 Å². The van der Waals surface area contributed by atoms with Crippen molar-refractivity contribution in [3.8, 4) is 5.75 Å². The van der Waals surface area contributed by atoms with Crippen LogP contribution in [0.15, 0.2) is 18.2 Å². The Kier molecular flexibility index (Phi) is 7.63. The second-order valence-electron chi connectivity index (χ2n) is 5.20. The average molecular weight is 279 g/mol. The van der Waals surface area contributed by atoms with E-state index < -0.39 is 0 Å². The summed E-state index contributed by atoms with van der Waals surface area (Å²) in [5.41, 5.74) is 2.51. The van der Waals surface area contributed by atoms with E-state index in [2.05, 4.69) is 38.2 Å². The van der Waals surface area contributed by atoms with Crippen LogP contribution in [0.5, 0.6) is 5.75 Å². The van der Waals surface area contributed by atoms with Gasteiger partial charge in [0.2, 0.25) is 0 Å². The molecule has 0 fully saturated rings. The van der Waals surface area contributed by atoms with Gasteiger partial charge in [-0.3, -0.25) is 0 Å². The van der Waals surface area contributed by atoms with Gasteiger partial charge in [-0.2, -0.15) is 0 Å². The van der Waals surface area contributed by atoms with Crippen molar-refractivity contribution in [2.24, 2.45) is 0 Å². The standard InChI is InChI=1S/C17H29NO2/c1-6-8-17(20-7-2)15(18-4)12-14-11-13(3)9-10-16(14)19-5/h9-11,15,17-18H,6-8,12H2,1-5H3. The van der Waals surface area contributed by atoms with E-state index in [1.54, 1.807) is 7.11 Å². The SMILES string of the molecule is CCCC(OCC)C(Cc1cc(C)ccc1OC)NC. The summed E-state index contributed by atoms with van der Waals surface area (Å²) in [7, 11) is 3.74. The summed E-state index contributed by atoms with van der Waals surface area (Å²) in [4.78, 5) is 0. The van der Waals surface area contributed by atoms with E-state index in [1.165, 1.54) is 11.1 Å². The number of hydrogen-bond donors (Lipinski definition) is 1. The Morgan fingerprint density at radius 3 is 2.55 bits per heavy atom.